The van der Waals surface area contributed by atoms with E-state index in [-0.39, 0.29) is 17.4 Å². The van der Waals surface area contributed by atoms with Gasteiger partial charge in [0.1, 0.15) is 0 Å². The summed E-state index contributed by atoms with van der Waals surface area (Å²) < 4.78 is 0. The maximum atomic E-state index is 12.6. The smallest absolute Gasteiger partial charge is 0.255 e. The van der Waals surface area contributed by atoms with Crippen LogP contribution in [0.5, 0.6) is 0 Å². The Morgan fingerprint density at radius 1 is 0.903 bits per heavy atom. The molecule has 7 heteroatoms. The lowest BCUT2D eigenvalue weighted by Gasteiger charge is -2.14. The van der Waals surface area contributed by atoms with Gasteiger partial charge < -0.3 is 16.4 Å². The monoisotopic (exact) mass is 433 g/mol. The fourth-order valence-corrected chi connectivity index (χ4v) is 3.86. The molecule has 3 amide bonds. The van der Waals surface area contributed by atoms with Crippen LogP contribution in [-0.2, 0) is 4.79 Å². The number of hydrogen-bond donors (Lipinski definition) is 3. The Morgan fingerprint density at radius 3 is 2.39 bits per heavy atom. The molecule has 4 N–H and O–H groups in total. The lowest BCUT2D eigenvalue weighted by Crippen LogP contribution is -2.24. The van der Waals surface area contributed by atoms with Gasteiger partial charge in [0, 0.05) is 16.1 Å². The highest BCUT2D eigenvalue weighted by Gasteiger charge is 2.17. The van der Waals surface area contributed by atoms with Gasteiger partial charge in [-0.05, 0) is 56.3 Å². The first-order chi connectivity index (χ1) is 14.8. The Balaban J connectivity index is 1.65. The van der Waals surface area contributed by atoms with E-state index in [4.69, 9.17) is 5.73 Å². The van der Waals surface area contributed by atoms with Gasteiger partial charge in [0.2, 0.25) is 5.91 Å². The largest absolute Gasteiger partial charge is 0.366 e. The first-order valence-corrected chi connectivity index (χ1v) is 10.6. The van der Waals surface area contributed by atoms with Crippen LogP contribution in [0, 0.1) is 6.92 Å². The lowest BCUT2D eigenvalue weighted by molar-refractivity contribution is -0.115. The second-order valence-corrected chi connectivity index (χ2v) is 8.42. The summed E-state index contributed by atoms with van der Waals surface area (Å²) in [5, 5.41) is 5.20. The predicted molar refractivity (Wildman–Crippen MR) is 124 cm³/mol. The number of anilines is 2. The zero-order valence-electron chi connectivity index (χ0n) is 17.2. The highest BCUT2D eigenvalue weighted by Crippen LogP contribution is 2.27. The third-order valence-corrected chi connectivity index (χ3v) is 5.60. The minimum atomic E-state index is -0.603. The van der Waals surface area contributed by atoms with Crippen molar-refractivity contribution in [2.75, 3.05) is 10.6 Å². The Hall–Kier alpha value is -3.58. The Labute approximate surface area is 185 Å². The third kappa shape index (κ3) is 5.96. The molecular weight excluding hydrogens is 410 g/mol. The highest BCUT2D eigenvalue weighted by molar-refractivity contribution is 8.00. The fourth-order valence-electron chi connectivity index (χ4n) is 2.94. The van der Waals surface area contributed by atoms with Crippen LogP contribution >= 0.6 is 11.8 Å². The van der Waals surface area contributed by atoms with E-state index < -0.39 is 11.2 Å². The normalized spacial score (nSPS) is 11.4. The molecule has 0 bridgehead atoms. The topological polar surface area (TPSA) is 101 Å². The molecule has 0 fully saturated rings. The van der Waals surface area contributed by atoms with Crippen LogP contribution in [-0.4, -0.2) is 23.0 Å². The van der Waals surface area contributed by atoms with Crippen molar-refractivity contribution in [1.82, 2.24) is 0 Å². The Kier molecular flexibility index (Phi) is 7.10. The maximum Gasteiger partial charge on any atom is 0.255 e. The molecule has 0 saturated heterocycles. The van der Waals surface area contributed by atoms with Gasteiger partial charge in [-0.1, -0.05) is 35.9 Å². The van der Waals surface area contributed by atoms with Crippen molar-refractivity contribution in [2.45, 2.75) is 24.0 Å². The molecule has 0 aromatic heterocycles. The van der Waals surface area contributed by atoms with Crippen molar-refractivity contribution in [3.05, 3.63) is 89.5 Å². The van der Waals surface area contributed by atoms with Gasteiger partial charge in [-0.3, -0.25) is 14.4 Å². The lowest BCUT2D eigenvalue weighted by atomic mass is 10.1. The van der Waals surface area contributed by atoms with Crippen LogP contribution in [0.25, 0.3) is 0 Å². The molecule has 0 radical (unpaired) electrons. The van der Waals surface area contributed by atoms with E-state index in [9.17, 15) is 14.4 Å². The van der Waals surface area contributed by atoms with E-state index in [0.29, 0.717) is 16.9 Å². The summed E-state index contributed by atoms with van der Waals surface area (Å²) in [7, 11) is 0. The second-order valence-electron chi connectivity index (χ2n) is 7.01. The number of benzene rings is 3. The first kappa shape index (κ1) is 22.1. The van der Waals surface area contributed by atoms with Crippen LogP contribution in [0.1, 0.15) is 33.2 Å². The number of rotatable bonds is 7. The molecule has 6 nitrogen and oxygen atoms in total. The Morgan fingerprint density at radius 2 is 1.65 bits per heavy atom. The number of hydrogen-bond acceptors (Lipinski definition) is 4. The SMILES string of the molecule is Cc1cccc(C(=O)Nc2cccc(SC(C)C(=O)Nc3ccccc3C(N)=O)c2)c1. The second kappa shape index (κ2) is 9.95. The summed E-state index contributed by atoms with van der Waals surface area (Å²) in [5.74, 6) is -1.05. The van der Waals surface area contributed by atoms with Crippen molar-refractivity contribution < 1.29 is 14.4 Å². The minimum absolute atomic E-state index is 0.195. The van der Waals surface area contributed by atoms with Gasteiger partial charge in [0.25, 0.3) is 11.8 Å². The molecule has 0 aliphatic carbocycles. The number of carbonyl (C=O) groups excluding carboxylic acids is 3. The zero-order chi connectivity index (χ0) is 22.4. The quantitative estimate of drug-likeness (QED) is 0.479. The molecule has 3 rings (SSSR count). The van der Waals surface area contributed by atoms with Gasteiger partial charge in [0.15, 0.2) is 0 Å². The van der Waals surface area contributed by atoms with E-state index in [2.05, 4.69) is 10.6 Å². The van der Waals surface area contributed by atoms with Crippen LogP contribution in [0.3, 0.4) is 0 Å². The summed E-state index contributed by atoms with van der Waals surface area (Å²) in [6.07, 6.45) is 0. The number of nitrogens with two attached hydrogens (primary N) is 1. The molecule has 0 heterocycles. The minimum Gasteiger partial charge on any atom is -0.366 e. The molecule has 0 spiro atoms. The van der Waals surface area contributed by atoms with Gasteiger partial charge in [-0.15, -0.1) is 11.8 Å². The average Bonchev–Trinajstić information content (AvgIpc) is 2.74. The van der Waals surface area contributed by atoms with E-state index in [0.717, 1.165) is 10.5 Å². The summed E-state index contributed by atoms with van der Waals surface area (Å²) in [5.41, 5.74) is 8.24. The van der Waals surface area contributed by atoms with Crippen molar-refractivity contribution in [1.29, 1.82) is 0 Å². The van der Waals surface area contributed by atoms with Crippen LogP contribution in [0.15, 0.2) is 77.7 Å². The summed E-state index contributed by atoms with van der Waals surface area (Å²) in [6.45, 7) is 3.70. The van der Waals surface area contributed by atoms with Crippen LogP contribution < -0.4 is 16.4 Å². The number of aryl methyl sites for hydroxylation is 1. The number of para-hydroxylation sites is 1. The highest BCUT2D eigenvalue weighted by atomic mass is 32.2. The van der Waals surface area contributed by atoms with Crippen LogP contribution in [0.2, 0.25) is 0 Å². The molecule has 1 unspecified atom stereocenters. The summed E-state index contributed by atoms with van der Waals surface area (Å²) >= 11 is 1.35. The van der Waals surface area contributed by atoms with Gasteiger partial charge in [-0.25, -0.2) is 0 Å². The number of thioether (sulfide) groups is 1. The third-order valence-electron chi connectivity index (χ3n) is 4.50. The van der Waals surface area contributed by atoms with E-state index >= 15 is 0 Å². The molecule has 3 aromatic rings. The summed E-state index contributed by atoms with van der Waals surface area (Å²) in [6, 6.07) is 21.3. The molecule has 0 aliphatic rings. The fraction of sp³-hybridized carbons (Fsp3) is 0.125. The zero-order valence-corrected chi connectivity index (χ0v) is 18.0. The van der Waals surface area contributed by atoms with E-state index in [1.54, 1.807) is 43.3 Å². The Bertz CT molecular complexity index is 1130. The molecule has 0 saturated carbocycles. The first-order valence-electron chi connectivity index (χ1n) is 9.68. The number of carbonyl (C=O) groups is 3. The molecule has 1 atom stereocenters. The predicted octanol–water partition coefficient (Wildman–Crippen LogP) is 4.47. The molecule has 158 valence electrons. The van der Waals surface area contributed by atoms with Gasteiger partial charge in [-0.2, -0.15) is 0 Å². The standard InChI is InChI=1S/C24H23N3O3S/c1-15-7-5-8-17(13-15)24(30)26-18-9-6-10-19(14-18)31-16(2)23(29)27-21-12-4-3-11-20(21)22(25)28/h3-14,16H,1-2H3,(H2,25,28)(H,26,30)(H,27,29). The number of amides is 3. The van der Waals surface area contributed by atoms with Gasteiger partial charge in [0.05, 0.1) is 16.5 Å². The number of primary amides is 1. The molecule has 31 heavy (non-hydrogen) atoms. The van der Waals surface area contributed by atoms with Crippen LogP contribution in [0.4, 0.5) is 11.4 Å². The van der Waals surface area contributed by atoms with Crippen molar-refractivity contribution in [2.24, 2.45) is 5.73 Å². The number of nitrogens with one attached hydrogen (secondary N) is 2. The van der Waals surface area contributed by atoms with Crippen molar-refractivity contribution >= 4 is 40.9 Å². The molecule has 3 aromatic carbocycles. The maximum absolute atomic E-state index is 12.6. The van der Waals surface area contributed by atoms with Crippen molar-refractivity contribution in [3.8, 4) is 0 Å². The summed E-state index contributed by atoms with van der Waals surface area (Å²) in [4.78, 5) is 37.5. The van der Waals surface area contributed by atoms with Gasteiger partial charge >= 0.3 is 0 Å². The molecule has 0 aliphatic heterocycles. The average molecular weight is 434 g/mol. The van der Waals surface area contributed by atoms with E-state index in [1.807, 2.05) is 43.3 Å². The molecular formula is C24H23N3O3S. The van der Waals surface area contributed by atoms with E-state index in [1.165, 1.54) is 11.8 Å². The van der Waals surface area contributed by atoms with Crippen molar-refractivity contribution in [3.63, 3.8) is 0 Å².